The summed E-state index contributed by atoms with van der Waals surface area (Å²) < 4.78 is 1.50. The first-order valence-electron chi connectivity index (χ1n) is 4.52. The van der Waals surface area contributed by atoms with Crippen molar-refractivity contribution >= 4 is 24.5 Å². The summed E-state index contributed by atoms with van der Waals surface area (Å²) in [5, 5.41) is 2.05. The van der Waals surface area contributed by atoms with E-state index in [9.17, 15) is 9.59 Å². The lowest BCUT2D eigenvalue weighted by molar-refractivity contribution is -0.108. The number of nitrogens with one attached hydrogen (secondary N) is 1. The zero-order valence-corrected chi connectivity index (χ0v) is 9.34. The van der Waals surface area contributed by atoms with Crippen molar-refractivity contribution < 1.29 is 9.59 Å². The quantitative estimate of drug-likeness (QED) is 0.425. The number of amides is 2. The molecule has 0 fully saturated rings. The first kappa shape index (κ1) is 11.9. The first-order chi connectivity index (χ1) is 7.56. The summed E-state index contributed by atoms with van der Waals surface area (Å²) in [4.78, 5) is 31.4. The molecule has 0 unspecified atom stereocenters. The maximum Gasteiger partial charge on any atom is 0.278 e. The number of carbonyl (C=O) groups is 2. The average Bonchev–Trinajstić information content (AvgIpc) is 2.57. The van der Waals surface area contributed by atoms with Crippen LogP contribution in [0.2, 0.25) is 0 Å². The van der Waals surface area contributed by atoms with Gasteiger partial charge in [-0.2, -0.15) is 0 Å². The Balaban J connectivity index is 3.02. The minimum Gasteiger partial charge on any atom is -0.369 e. The minimum atomic E-state index is -0.527. The Bertz CT molecular complexity index is 422. The third-order valence-electron chi connectivity index (χ3n) is 1.73. The lowest BCUT2D eigenvalue weighted by Gasteiger charge is -2.03. The second-order valence-electron chi connectivity index (χ2n) is 3.33. The number of imidazole rings is 1. The average molecular weight is 223 g/mol. The zero-order chi connectivity index (χ0) is 12.1. The van der Waals surface area contributed by atoms with Crippen molar-refractivity contribution in [1.82, 2.24) is 19.8 Å². The van der Waals surface area contributed by atoms with Crippen LogP contribution in [0.1, 0.15) is 10.5 Å². The van der Waals surface area contributed by atoms with Crippen LogP contribution in [0.15, 0.2) is 11.3 Å². The molecule has 7 heteroatoms. The molecule has 0 aromatic carbocycles. The zero-order valence-electron chi connectivity index (χ0n) is 9.34. The SMILES string of the molecule is CN(C)/C=N/c1ncn(C)c1C(=O)NC=O. The Morgan fingerprint density at radius 2 is 2.31 bits per heavy atom. The van der Waals surface area contributed by atoms with Gasteiger partial charge in [-0.05, 0) is 0 Å². The second kappa shape index (κ2) is 5.06. The molecule has 0 bridgehead atoms. The fraction of sp³-hybridized carbons (Fsp3) is 0.333. The minimum absolute atomic E-state index is 0.241. The molecule has 0 saturated heterocycles. The third kappa shape index (κ3) is 2.66. The Morgan fingerprint density at radius 3 is 2.88 bits per heavy atom. The van der Waals surface area contributed by atoms with Gasteiger partial charge in [0.05, 0.1) is 12.7 Å². The van der Waals surface area contributed by atoms with E-state index in [1.54, 1.807) is 26.0 Å². The van der Waals surface area contributed by atoms with Gasteiger partial charge in [-0.1, -0.05) is 0 Å². The van der Waals surface area contributed by atoms with Crippen LogP contribution in [-0.2, 0) is 11.8 Å². The highest BCUT2D eigenvalue weighted by molar-refractivity contribution is 6.01. The van der Waals surface area contributed by atoms with Gasteiger partial charge in [-0.25, -0.2) is 9.98 Å². The van der Waals surface area contributed by atoms with E-state index < -0.39 is 5.91 Å². The van der Waals surface area contributed by atoms with Crippen LogP contribution >= 0.6 is 0 Å². The summed E-state index contributed by atoms with van der Waals surface area (Å²) in [6, 6.07) is 0. The molecule has 0 spiro atoms. The van der Waals surface area contributed by atoms with Crippen LogP contribution in [0.5, 0.6) is 0 Å². The van der Waals surface area contributed by atoms with Gasteiger partial charge in [0.2, 0.25) is 6.41 Å². The van der Waals surface area contributed by atoms with Crippen molar-refractivity contribution in [1.29, 1.82) is 0 Å². The van der Waals surface area contributed by atoms with Gasteiger partial charge < -0.3 is 9.47 Å². The van der Waals surface area contributed by atoms with Crippen molar-refractivity contribution in [3.63, 3.8) is 0 Å². The molecule has 0 aliphatic heterocycles. The number of imide groups is 1. The first-order valence-corrected chi connectivity index (χ1v) is 4.52. The number of carbonyl (C=O) groups excluding carboxylic acids is 2. The smallest absolute Gasteiger partial charge is 0.278 e. The number of aryl methyl sites for hydroxylation is 1. The highest BCUT2D eigenvalue weighted by Gasteiger charge is 2.15. The topological polar surface area (TPSA) is 79.6 Å². The molecule has 86 valence electrons. The molecule has 7 nitrogen and oxygen atoms in total. The normalized spacial score (nSPS) is 10.4. The molecular weight excluding hydrogens is 210 g/mol. The largest absolute Gasteiger partial charge is 0.369 e. The van der Waals surface area contributed by atoms with E-state index >= 15 is 0 Å². The predicted molar refractivity (Wildman–Crippen MR) is 58.6 cm³/mol. The fourth-order valence-electron chi connectivity index (χ4n) is 1.07. The summed E-state index contributed by atoms with van der Waals surface area (Å²) in [7, 11) is 5.26. The Kier molecular flexibility index (Phi) is 3.76. The second-order valence-corrected chi connectivity index (χ2v) is 3.33. The molecule has 1 rings (SSSR count). The van der Waals surface area contributed by atoms with Gasteiger partial charge in [0.1, 0.15) is 0 Å². The van der Waals surface area contributed by atoms with Gasteiger partial charge in [0.25, 0.3) is 5.91 Å². The van der Waals surface area contributed by atoms with E-state index in [-0.39, 0.29) is 11.5 Å². The summed E-state index contributed by atoms with van der Waals surface area (Å²) in [5.41, 5.74) is 0.241. The van der Waals surface area contributed by atoms with Crippen LogP contribution in [0.25, 0.3) is 0 Å². The lowest BCUT2D eigenvalue weighted by atomic mass is 10.4. The lowest BCUT2D eigenvalue weighted by Crippen LogP contribution is -2.23. The number of hydrogen-bond donors (Lipinski definition) is 1. The van der Waals surface area contributed by atoms with Gasteiger partial charge in [0.15, 0.2) is 11.5 Å². The molecule has 0 aliphatic carbocycles. The third-order valence-corrected chi connectivity index (χ3v) is 1.73. The van der Waals surface area contributed by atoms with Crippen molar-refractivity contribution in [3.8, 4) is 0 Å². The van der Waals surface area contributed by atoms with E-state index in [1.165, 1.54) is 17.2 Å². The van der Waals surface area contributed by atoms with E-state index in [1.807, 2.05) is 5.32 Å². The monoisotopic (exact) mass is 223 g/mol. The van der Waals surface area contributed by atoms with Crippen molar-refractivity contribution in [2.24, 2.45) is 12.0 Å². The maximum atomic E-state index is 11.5. The summed E-state index contributed by atoms with van der Waals surface area (Å²) >= 11 is 0. The molecule has 1 aromatic heterocycles. The van der Waals surface area contributed by atoms with Crippen molar-refractivity contribution in [3.05, 3.63) is 12.0 Å². The molecule has 1 N–H and O–H groups in total. The fourth-order valence-corrected chi connectivity index (χ4v) is 1.07. The van der Waals surface area contributed by atoms with E-state index in [0.717, 1.165) is 0 Å². The number of aliphatic imine (C=N–C) groups is 1. The standard InChI is InChI=1S/C9H13N5O2/c1-13(2)4-10-8-7(9(16)12-6-15)14(3)5-11-8/h4-6H,1-3H3,(H,12,15,16)/b10-4+. The molecule has 0 radical (unpaired) electrons. The molecule has 2 amide bonds. The van der Waals surface area contributed by atoms with Crippen LogP contribution in [0.3, 0.4) is 0 Å². The number of nitrogens with zero attached hydrogens (tertiary/aromatic N) is 4. The molecule has 1 heterocycles. The molecule has 0 atom stereocenters. The predicted octanol–water partition coefficient (Wildman–Crippen LogP) is -0.472. The van der Waals surface area contributed by atoms with Crippen LogP contribution in [0, 0.1) is 0 Å². The van der Waals surface area contributed by atoms with E-state index in [4.69, 9.17) is 0 Å². The van der Waals surface area contributed by atoms with E-state index in [2.05, 4.69) is 9.98 Å². The van der Waals surface area contributed by atoms with E-state index in [0.29, 0.717) is 6.41 Å². The molecule has 16 heavy (non-hydrogen) atoms. The molecule has 1 aromatic rings. The summed E-state index contributed by atoms with van der Waals surface area (Å²) in [6.07, 6.45) is 3.32. The highest BCUT2D eigenvalue weighted by atomic mass is 16.2. The van der Waals surface area contributed by atoms with Gasteiger partial charge >= 0.3 is 0 Å². The Hall–Kier alpha value is -2.18. The Morgan fingerprint density at radius 1 is 1.62 bits per heavy atom. The van der Waals surface area contributed by atoms with Gasteiger partial charge in [-0.15, -0.1) is 0 Å². The maximum absolute atomic E-state index is 11.5. The van der Waals surface area contributed by atoms with Crippen LogP contribution in [-0.4, -0.2) is 47.2 Å². The summed E-state index contributed by atoms with van der Waals surface area (Å²) in [5.74, 6) is -0.253. The molecular formula is C9H13N5O2. The number of rotatable bonds is 4. The highest BCUT2D eigenvalue weighted by Crippen LogP contribution is 2.15. The van der Waals surface area contributed by atoms with Crippen LogP contribution < -0.4 is 5.32 Å². The summed E-state index contributed by atoms with van der Waals surface area (Å²) in [6.45, 7) is 0. The number of aromatic nitrogens is 2. The van der Waals surface area contributed by atoms with Gasteiger partial charge in [0, 0.05) is 21.1 Å². The van der Waals surface area contributed by atoms with Crippen molar-refractivity contribution in [2.45, 2.75) is 0 Å². The molecule has 0 aliphatic rings. The van der Waals surface area contributed by atoms with Crippen molar-refractivity contribution in [2.75, 3.05) is 14.1 Å². The van der Waals surface area contributed by atoms with Crippen LogP contribution in [0.4, 0.5) is 5.82 Å². The number of hydrogen-bond acceptors (Lipinski definition) is 4. The Labute approximate surface area is 92.8 Å². The molecule has 0 saturated carbocycles. The van der Waals surface area contributed by atoms with Gasteiger partial charge in [-0.3, -0.25) is 14.9 Å².